The van der Waals surface area contributed by atoms with E-state index in [0.717, 1.165) is 0 Å². The number of ether oxygens (including phenoxy) is 2. The van der Waals surface area contributed by atoms with Crippen molar-refractivity contribution in [3.8, 4) is 17.2 Å². The second kappa shape index (κ2) is 9.30. The lowest BCUT2D eigenvalue weighted by Crippen LogP contribution is -2.12. The predicted octanol–water partition coefficient (Wildman–Crippen LogP) is 4.36. The molecule has 3 aromatic carbocycles. The quantitative estimate of drug-likeness (QED) is 0.116. The van der Waals surface area contributed by atoms with Crippen LogP contribution in [-0.2, 0) is 4.79 Å². The van der Waals surface area contributed by atoms with Gasteiger partial charge in [-0.1, -0.05) is 24.3 Å². The Morgan fingerprint density at radius 1 is 0.972 bits per heavy atom. The number of aromatic nitrogens is 3. The first kappa shape index (κ1) is 22.7. The molecule has 0 fully saturated rings. The second-order valence-electron chi connectivity index (χ2n) is 7.85. The van der Waals surface area contributed by atoms with Gasteiger partial charge in [0, 0.05) is 12.3 Å². The minimum Gasteiger partial charge on any atom is -0.497 e. The van der Waals surface area contributed by atoms with E-state index >= 15 is 0 Å². The van der Waals surface area contributed by atoms with E-state index in [0.29, 0.717) is 39.0 Å². The molecule has 2 heterocycles. The van der Waals surface area contributed by atoms with E-state index in [2.05, 4.69) is 10.2 Å². The summed E-state index contributed by atoms with van der Waals surface area (Å²) in [5.74, 6) is -0.186. The number of carbonyl (C=O) groups is 2. The minimum atomic E-state index is -0.736. The Bertz CT molecular complexity index is 1700. The van der Waals surface area contributed by atoms with Gasteiger partial charge in [0.25, 0.3) is 0 Å². The molecule has 5 aromatic rings. The Kier molecular flexibility index (Phi) is 5.87. The molecule has 9 heteroatoms. The smallest absolute Gasteiger partial charge is 0.347 e. The molecule has 0 unspecified atom stereocenters. The van der Waals surface area contributed by atoms with Crippen molar-refractivity contribution < 1.29 is 23.5 Å². The summed E-state index contributed by atoms with van der Waals surface area (Å²) in [5, 5.41) is 9.46. The lowest BCUT2D eigenvalue weighted by atomic mass is 10.1. The van der Waals surface area contributed by atoms with Crippen LogP contribution in [0.2, 0.25) is 0 Å². The lowest BCUT2D eigenvalue weighted by molar-refractivity contribution is -0.131. The molecule has 2 aromatic heterocycles. The fraction of sp³-hybridized carbons (Fsp3) is 0.0741. The molecule has 36 heavy (non-hydrogen) atoms. The molecule has 0 bridgehead atoms. The van der Waals surface area contributed by atoms with Gasteiger partial charge in [-0.25, -0.2) is 4.79 Å². The molecule has 0 radical (unpaired) electrons. The number of allylic oxidation sites excluding steroid dienone is 1. The van der Waals surface area contributed by atoms with Crippen LogP contribution in [0.25, 0.3) is 33.8 Å². The number of methoxy groups -OCH3 is 1. The van der Waals surface area contributed by atoms with E-state index in [4.69, 9.17) is 13.9 Å². The summed E-state index contributed by atoms with van der Waals surface area (Å²) in [5.41, 5.74) is 1.86. The molecule has 0 aliphatic rings. The maximum atomic E-state index is 12.8. The molecule has 5 rings (SSSR count). The maximum absolute atomic E-state index is 12.8. The molecule has 0 N–H and O–H groups in total. The van der Waals surface area contributed by atoms with Gasteiger partial charge in [-0.05, 0) is 60.2 Å². The first-order valence-corrected chi connectivity index (χ1v) is 10.9. The molecule has 178 valence electrons. The molecule has 0 aliphatic carbocycles. The largest absolute Gasteiger partial charge is 0.497 e. The van der Waals surface area contributed by atoms with Crippen LogP contribution < -0.4 is 15.1 Å². The summed E-state index contributed by atoms with van der Waals surface area (Å²) in [6, 6.07) is 18.7. The lowest BCUT2D eigenvalue weighted by Gasteiger charge is -2.09. The number of hydrogen-bond acceptors (Lipinski definition) is 8. The molecule has 0 saturated heterocycles. The molecule has 0 atom stereocenters. The van der Waals surface area contributed by atoms with Gasteiger partial charge in [-0.2, -0.15) is 0 Å². The van der Waals surface area contributed by atoms with E-state index in [1.165, 1.54) is 31.0 Å². The Hall–Kier alpha value is -5.05. The average molecular weight is 481 g/mol. The molecule has 9 nitrogen and oxygen atoms in total. The van der Waals surface area contributed by atoms with Crippen LogP contribution in [0.5, 0.6) is 11.5 Å². The highest BCUT2D eigenvalue weighted by Gasteiger charge is 2.14. The van der Waals surface area contributed by atoms with E-state index in [9.17, 15) is 14.4 Å². The molecular formula is C27H19N3O6. The van der Waals surface area contributed by atoms with Crippen LogP contribution in [0.1, 0.15) is 22.8 Å². The van der Waals surface area contributed by atoms with Crippen LogP contribution in [0, 0.1) is 0 Å². The van der Waals surface area contributed by atoms with Crippen LogP contribution in [0.15, 0.2) is 82.0 Å². The van der Waals surface area contributed by atoms with E-state index in [1.54, 1.807) is 42.5 Å². The first-order valence-electron chi connectivity index (χ1n) is 10.9. The monoisotopic (exact) mass is 481 g/mol. The predicted molar refractivity (Wildman–Crippen MR) is 133 cm³/mol. The zero-order valence-corrected chi connectivity index (χ0v) is 19.3. The number of hydrogen-bond donors (Lipinski definition) is 0. The summed E-state index contributed by atoms with van der Waals surface area (Å²) in [4.78, 5) is 38.2. The van der Waals surface area contributed by atoms with Crippen LogP contribution in [0.3, 0.4) is 0 Å². The van der Waals surface area contributed by atoms with Crippen molar-refractivity contribution in [3.05, 3.63) is 94.4 Å². The topological polar surface area (TPSA) is 114 Å². The number of carbonyl (C=O) groups excluding carboxylic acids is 2. The van der Waals surface area contributed by atoms with Crippen molar-refractivity contribution in [2.45, 2.75) is 6.92 Å². The van der Waals surface area contributed by atoms with Crippen LogP contribution >= 0.6 is 0 Å². The standard InChI is InChI=1S/C27H19N3O6/c1-16(31)35-26-11-8-17(13-23(26)30-28-21-5-3-4-6-22(21)29-30)7-10-24(32)20-15-18-14-19(34-2)9-12-25(18)36-27(20)33/h3-15H,1-2H3/b10-7+. The highest BCUT2D eigenvalue weighted by molar-refractivity contribution is 6.07. The Balaban J connectivity index is 1.50. The summed E-state index contributed by atoms with van der Waals surface area (Å²) in [6.45, 7) is 1.30. The van der Waals surface area contributed by atoms with Gasteiger partial charge in [-0.15, -0.1) is 15.0 Å². The second-order valence-corrected chi connectivity index (χ2v) is 7.85. The highest BCUT2D eigenvalue weighted by Crippen LogP contribution is 2.26. The summed E-state index contributed by atoms with van der Waals surface area (Å²) >= 11 is 0. The number of ketones is 1. The zero-order valence-electron chi connectivity index (χ0n) is 19.3. The Morgan fingerprint density at radius 2 is 1.72 bits per heavy atom. The van der Waals surface area contributed by atoms with E-state index in [-0.39, 0.29) is 11.3 Å². The van der Waals surface area contributed by atoms with Crippen molar-refractivity contribution in [1.82, 2.24) is 15.0 Å². The fourth-order valence-corrected chi connectivity index (χ4v) is 3.66. The zero-order chi connectivity index (χ0) is 25.2. The van der Waals surface area contributed by atoms with Crippen molar-refractivity contribution in [2.24, 2.45) is 0 Å². The first-order chi connectivity index (χ1) is 17.4. The van der Waals surface area contributed by atoms with Crippen molar-refractivity contribution >= 4 is 39.8 Å². The van der Waals surface area contributed by atoms with Crippen molar-refractivity contribution in [2.75, 3.05) is 7.11 Å². The summed E-state index contributed by atoms with van der Waals surface area (Å²) in [6.07, 6.45) is 2.82. The number of nitrogens with zero attached hydrogens (tertiary/aromatic N) is 3. The molecular weight excluding hydrogens is 462 g/mol. The third kappa shape index (κ3) is 4.49. The highest BCUT2D eigenvalue weighted by atomic mass is 16.5. The molecule has 0 aliphatic heterocycles. The van der Waals surface area contributed by atoms with Gasteiger partial charge in [0.15, 0.2) is 11.5 Å². The van der Waals surface area contributed by atoms with Crippen molar-refractivity contribution in [1.29, 1.82) is 0 Å². The molecule has 0 amide bonds. The summed E-state index contributed by atoms with van der Waals surface area (Å²) < 4.78 is 15.8. The molecule has 0 saturated carbocycles. The average Bonchev–Trinajstić information content (AvgIpc) is 3.31. The number of benzene rings is 3. The Labute approximate surface area is 204 Å². The fourth-order valence-electron chi connectivity index (χ4n) is 3.66. The van der Waals surface area contributed by atoms with E-state index < -0.39 is 17.4 Å². The van der Waals surface area contributed by atoms with Gasteiger partial charge in [0.05, 0.1) is 7.11 Å². The van der Waals surface area contributed by atoms with Gasteiger partial charge >= 0.3 is 11.6 Å². The third-order valence-electron chi connectivity index (χ3n) is 5.37. The van der Waals surface area contributed by atoms with Gasteiger partial charge in [-0.3, -0.25) is 9.59 Å². The van der Waals surface area contributed by atoms with Gasteiger partial charge in [0.1, 0.15) is 33.6 Å². The number of rotatable bonds is 6. The summed E-state index contributed by atoms with van der Waals surface area (Å²) in [7, 11) is 1.53. The van der Waals surface area contributed by atoms with Gasteiger partial charge in [0.2, 0.25) is 0 Å². The van der Waals surface area contributed by atoms with Gasteiger partial charge < -0.3 is 13.9 Å². The number of esters is 1. The number of fused-ring (bicyclic) bond motifs is 2. The third-order valence-corrected chi connectivity index (χ3v) is 5.37. The van der Waals surface area contributed by atoms with Crippen LogP contribution in [0.4, 0.5) is 0 Å². The van der Waals surface area contributed by atoms with Crippen molar-refractivity contribution in [3.63, 3.8) is 0 Å². The maximum Gasteiger partial charge on any atom is 0.347 e. The van der Waals surface area contributed by atoms with Crippen LogP contribution in [-0.4, -0.2) is 33.9 Å². The SMILES string of the molecule is COc1ccc2oc(=O)c(C(=O)/C=C/c3ccc(OC(C)=O)c(-n4nc5ccccc5n4)c3)cc2c1. The minimum absolute atomic E-state index is 0.108. The van der Waals surface area contributed by atoms with E-state index in [1.807, 2.05) is 24.3 Å². The normalized spacial score (nSPS) is 11.3. The Morgan fingerprint density at radius 3 is 2.42 bits per heavy atom. The molecule has 0 spiro atoms.